The Labute approximate surface area is 122 Å². The van der Waals surface area contributed by atoms with Crippen LogP contribution in [0, 0.1) is 6.92 Å². The number of aryl methyl sites for hydroxylation is 2. The number of hydrogen-bond acceptors (Lipinski definition) is 2. The molecule has 0 radical (unpaired) electrons. The van der Waals surface area contributed by atoms with Gasteiger partial charge >= 0.3 is 0 Å². The molecular weight excluding hydrogens is 244 g/mol. The summed E-state index contributed by atoms with van der Waals surface area (Å²) in [5, 5.41) is 3.42. The standard InChI is InChI=1S/C18H24N2/c1-3-4-15-6-8-16(9-7-15)11-12-20-18-13-14(2)5-10-17(18)19/h5-10,13,20H,3-4,11-12,19H2,1-2H3. The molecule has 2 heteroatoms. The summed E-state index contributed by atoms with van der Waals surface area (Å²) in [6.45, 7) is 5.20. The van der Waals surface area contributed by atoms with E-state index in [1.54, 1.807) is 0 Å². The minimum Gasteiger partial charge on any atom is -0.397 e. The molecule has 0 saturated heterocycles. The van der Waals surface area contributed by atoms with Crippen LogP contribution in [0.2, 0.25) is 0 Å². The summed E-state index contributed by atoms with van der Waals surface area (Å²) < 4.78 is 0. The van der Waals surface area contributed by atoms with Gasteiger partial charge < -0.3 is 11.1 Å². The highest BCUT2D eigenvalue weighted by atomic mass is 14.9. The van der Waals surface area contributed by atoms with Crippen molar-refractivity contribution in [2.75, 3.05) is 17.6 Å². The Morgan fingerprint density at radius 3 is 2.25 bits per heavy atom. The van der Waals surface area contributed by atoms with Gasteiger partial charge in [-0.3, -0.25) is 0 Å². The van der Waals surface area contributed by atoms with Crippen molar-refractivity contribution in [2.45, 2.75) is 33.1 Å². The highest BCUT2D eigenvalue weighted by molar-refractivity contribution is 5.66. The van der Waals surface area contributed by atoms with E-state index in [1.165, 1.54) is 29.5 Å². The van der Waals surface area contributed by atoms with Gasteiger partial charge in [-0.15, -0.1) is 0 Å². The summed E-state index contributed by atoms with van der Waals surface area (Å²) in [6, 6.07) is 15.0. The molecule has 0 atom stereocenters. The van der Waals surface area contributed by atoms with Crippen LogP contribution in [0.1, 0.15) is 30.0 Å². The van der Waals surface area contributed by atoms with Crippen molar-refractivity contribution in [3.63, 3.8) is 0 Å². The van der Waals surface area contributed by atoms with E-state index in [0.717, 1.165) is 24.3 Å². The zero-order valence-corrected chi connectivity index (χ0v) is 12.4. The van der Waals surface area contributed by atoms with Crippen molar-refractivity contribution in [1.29, 1.82) is 0 Å². The Morgan fingerprint density at radius 1 is 0.950 bits per heavy atom. The molecule has 0 aliphatic carbocycles. The lowest BCUT2D eigenvalue weighted by Gasteiger charge is -2.10. The lowest BCUT2D eigenvalue weighted by Crippen LogP contribution is -2.07. The van der Waals surface area contributed by atoms with Crippen molar-refractivity contribution in [2.24, 2.45) is 0 Å². The Hall–Kier alpha value is -1.96. The molecule has 0 unspecified atom stereocenters. The van der Waals surface area contributed by atoms with Crippen LogP contribution >= 0.6 is 0 Å². The smallest absolute Gasteiger partial charge is 0.0576 e. The van der Waals surface area contributed by atoms with Crippen LogP contribution in [0.15, 0.2) is 42.5 Å². The summed E-state index contributed by atoms with van der Waals surface area (Å²) in [5.74, 6) is 0. The van der Waals surface area contributed by atoms with Gasteiger partial charge in [-0.1, -0.05) is 43.7 Å². The molecule has 3 N–H and O–H groups in total. The van der Waals surface area contributed by atoms with E-state index in [9.17, 15) is 0 Å². The summed E-state index contributed by atoms with van der Waals surface area (Å²) in [5.41, 5.74) is 11.8. The molecule has 106 valence electrons. The SMILES string of the molecule is CCCc1ccc(CCNc2cc(C)ccc2N)cc1. The van der Waals surface area contributed by atoms with Crippen LogP contribution in [-0.2, 0) is 12.8 Å². The normalized spacial score (nSPS) is 10.5. The maximum absolute atomic E-state index is 5.96. The van der Waals surface area contributed by atoms with Crippen LogP contribution in [0.4, 0.5) is 11.4 Å². The van der Waals surface area contributed by atoms with E-state index < -0.39 is 0 Å². The Kier molecular flexibility index (Phi) is 5.05. The number of nitrogen functional groups attached to an aromatic ring is 1. The third-order valence-electron chi connectivity index (χ3n) is 3.50. The summed E-state index contributed by atoms with van der Waals surface area (Å²) in [6.07, 6.45) is 3.38. The van der Waals surface area contributed by atoms with E-state index in [-0.39, 0.29) is 0 Å². The zero-order valence-electron chi connectivity index (χ0n) is 12.4. The monoisotopic (exact) mass is 268 g/mol. The first-order valence-electron chi connectivity index (χ1n) is 7.37. The predicted octanol–water partition coefficient (Wildman–Crippen LogP) is 4.18. The number of rotatable bonds is 6. The van der Waals surface area contributed by atoms with Crippen LogP contribution in [0.3, 0.4) is 0 Å². The van der Waals surface area contributed by atoms with E-state index in [2.05, 4.69) is 49.5 Å². The van der Waals surface area contributed by atoms with Gasteiger partial charge in [0.1, 0.15) is 0 Å². The first-order valence-corrected chi connectivity index (χ1v) is 7.37. The number of nitrogens with one attached hydrogen (secondary N) is 1. The Balaban J connectivity index is 1.87. The van der Waals surface area contributed by atoms with Crippen molar-refractivity contribution >= 4 is 11.4 Å². The fourth-order valence-corrected chi connectivity index (χ4v) is 2.33. The molecular formula is C18H24N2. The molecule has 0 saturated carbocycles. The zero-order chi connectivity index (χ0) is 14.4. The molecule has 20 heavy (non-hydrogen) atoms. The van der Waals surface area contributed by atoms with E-state index in [4.69, 9.17) is 5.73 Å². The summed E-state index contributed by atoms with van der Waals surface area (Å²) in [7, 11) is 0. The highest BCUT2D eigenvalue weighted by Crippen LogP contribution is 2.19. The molecule has 0 spiro atoms. The van der Waals surface area contributed by atoms with Gasteiger partial charge in [-0.2, -0.15) is 0 Å². The van der Waals surface area contributed by atoms with Crippen LogP contribution in [-0.4, -0.2) is 6.54 Å². The topological polar surface area (TPSA) is 38.0 Å². The first-order chi connectivity index (χ1) is 9.69. The average molecular weight is 268 g/mol. The minimum atomic E-state index is 0.814. The molecule has 2 rings (SSSR count). The molecule has 0 aromatic heterocycles. The molecule has 0 heterocycles. The van der Waals surface area contributed by atoms with Crippen molar-refractivity contribution < 1.29 is 0 Å². The molecule has 0 fully saturated rings. The van der Waals surface area contributed by atoms with Crippen LogP contribution in [0.5, 0.6) is 0 Å². The van der Waals surface area contributed by atoms with E-state index >= 15 is 0 Å². The van der Waals surface area contributed by atoms with Gasteiger partial charge in [0.2, 0.25) is 0 Å². The molecule has 0 bridgehead atoms. The largest absolute Gasteiger partial charge is 0.397 e. The number of hydrogen-bond donors (Lipinski definition) is 2. The fourth-order valence-electron chi connectivity index (χ4n) is 2.33. The summed E-state index contributed by atoms with van der Waals surface area (Å²) in [4.78, 5) is 0. The second-order valence-electron chi connectivity index (χ2n) is 5.33. The van der Waals surface area contributed by atoms with Crippen LogP contribution < -0.4 is 11.1 Å². The molecule has 0 aliphatic heterocycles. The predicted molar refractivity (Wildman–Crippen MR) is 88.2 cm³/mol. The molecule has 2 nitrogen and oxygen atoms in total. The first kappa shape index (κ1) is 14.4. The summed E-state index contributed by atoms with van der Waals surface area (Å²) >= 11 is 0. The van der Waals surface area contributed by atoms with Gasteiger partial charge in [0.25, 0.3) is 0 Å². The minimum absolute atomic E-state index is 0.814. The number of anilines is 2. The third-order valence-corrected chi connectivity index (χ3v) is 3.50. The molecule has 0 aliphatic rings. The second-order valence-corrected chi connectivity index (χ2v) is 5.33. The third kappa shape index (κ3) is 4.02. The maximum atomic E-state index is 5.96. The van der Waals surface area contributed by atoms with Crippen molar-refractivity contribution in [3.8, 4) is 0 Å². The van der Waals surface area contributed by atoms with Crippen LogP contribution in [0.25, 0.3) is 0 Å². The molecule has 2 aromatic carbocycles. The van der Waals surface area contributed by atoms with Gasteiger partial charge in [0, 0.05) is 6.54 Å². The van der Waals surface area contributed by atoms with Crippen molar-refractivity contribution in [3.05, 3.63) is 59.2 Å². The fraction of sp³-hybridized carbons (Fsp3) is 0.333. The molecule has 0 amide bonds. The second kappa shape index (κ2) is 6.99. The van der Waals surface area contributed by atoms with E-state index in [0.29, 0.717) is 0 Å². The molecule has 2 aromatic rings. The van der Waals surface area contributed by atoms with E-state index in [1.807, 2.05) is 12.1 Å². The average Bonchev–Trinajstić information content (AvgIpc) is 2.45. The maximum Gasteiger partial charge on any atom is 0.0576 e. The van der Waals surface area contributed by atoms with Gasteiger partial charge in [0.05, 0.1) is 11.4 Å². The van der Waals surface area contributed by atoms with Gasteiger partial charge in [0.15, 0.2) is 0 Å². The van der Waals surface area contributed by atoms with Crippen molar-refractivity contribution in [1.82, 2.24) is 0 Å². The highest BCUT2D eigenvalue weighted by Gasteiger charge is 1.99. The Bertz CT molecular complexity index is 544. The number of nitrogens with two attached hydrogens (primary N) is 1. The quantitative estimate of drug-likeness (QED) is 0.771. The lowest BCUT2D eigenvalue weighted by molar-refractivity contribution is 0.918. The number of benzene rings is 2. The van der Waals surface area contributed by atoms with Gasteiger partial charge in [-0.05, 0) is 48.6 Å². The lowest BCUT2D eigenvalue weighted by atomic mass is 10.1. The Morgan fingerprint density at radius 2 is 1.60 bits per heavy atom. The van der Waals surface area contributed by atoms with Gasteiger partial charge in [-0.25, -0.2) is 0 Å².